The van der Waals surface area contributed by atoms with Crippen LogP contribution in [-0.4, -0.2) is 0 Å². The summed E-state index contributed by atoms with van der Waals surface area (Å²) < 4.78 is 1.38. The van der Waals surface area contributed by atoms with Crippen molar-refractivity contribution in [1.82, 2.24) is 0 Å². The predicted molar refractivity (Wildman–Crippen MR) is 135 cm³/mol. The largest absolute Gasteiger partial charge is 0.134 e. The fourth-order valence-corrected chi connectivity index (χ4v) is 6.47. The minimum atomic E-state index is 1.29. The van der Waals surface area contributed by atoms with E-state index in [2.05, 4.69) is 109 Å². The van der Waals surface area contributed by atoms with Crippen LogP contribution in [0.25, 0.3) is 64.7 Å². The van der Waals surface area contributed by atoms with Crippen LogP contribution in [0.5, 0.6) is 0 Å². The van der Waals surface area contributed by atoms with Crippen molar-refractivity contribution in [2.75, 3.05) is 0 Å². The van der Waals surface area contributed by atoms with E-state index >= 15 is 0 Å². The molecule has 0 saturated carbocycles. The van der Waals surface area contributed by atoms with Gasteiger partial charge >= 0.3 is 0 Å². The highest BCUT2D eigenvalue weighted by Crippen LogP contribution is 2.55. The number of thiophene rings is 1. The van der Waals surface area contributed by atoms with Gasteiger partial charge in [0.25, 0.3) is 0 Å². The maximum Gasteiger partial charge on any atom is 0.0440 e. The van der Waals surface area contributed by atoms with Crippen LogP contribution >= 0.6 is 11.3 Å². The minimum absolute atomic E-state index is 1.29. The van der Waals surface area contributed by atoms with E-state index in [1.165, 1.54) is 64.7 Å². The Morgan fingerprint density at radius 1 is 0.484 bits per heavy atom. The fourth-order valence-electron chi connectivity index (χ4n) is 5.09. The molecule has 0 nitrogen and oxygen atoms in total. The van der Waals surface area contributed by atoms with E-state index in [0.29, 0.717) is 0 Å². The molecule has 0 aliphatic heterocycles. The summed E-state index contributed by atoms with van der Waals surface area (Å²) >= 11 is 1.93. The lowest BCUT2D eigenvalue weighted by atomic mass is 9.93. The third kappa shape index (κ3) is 2.35. The maximum absolute atomic E-state index is 2.40. The Hall–Kier alpha value is -3.68. The smallest absolute Gasteiger partial charge is 0.0440 e. The van der Waals surface area contributed by atoms with Crippen LogP contribution in [0.15, 0.2) is 109 Å². The molecule has 0 amide bonds. The molecule has 0 N–H and O–H groups in total. The first-order chi connectivity index (χ1) is 15.4. The van der Waals surface area contributed by atoms with Crippen molar-refractivity contribution in [1.29, 1.82) is 0 Å². The molecule has 1 heterocycles. The van der Waals surface area contributed by atoms with Crippen molar-refractivity contribution < 1.29 is 0 Å². The van der Waals surface area contributed by atoms with Gasteiger partial charge < -0.3 is 0 Å². The first kappa shape index (κ1) is 17.0. The molecule has 1 aliphatic carbocycles. The van der Waals surface area contributed by atoms with E-state index in [9.17, 15) is 0 Å². The van der Waals surface area contributed by atoms with Gasteiger partial charge in [-0.25, -0.2) is 0 Å². The Kier molecular flexibility index (Phi) is 3.52. The maximum atomic E-state index is 2.40. The van der Waals surface area contributed by atoms with Gasteiger partial charge in [-0.05, 0) is 50.2 Å². The molecule has 0 spiro atoms. The van der Waals surface area contributed by atoms with Gasteiger partial charge in [0, 0.05) is 20.5 Å². The molecule has 0 radical (unpaired) electrons. The molecule has 7 rings (SSSR count). The summed E-state index contributed by atoms with van der Waals surface area (Å²) in [4.78, 5) is 1.36. The van der Waals surface area contributed by atoms with Crippen molar-refractivity contribution in [3.8, 4) is 43.8 Å². The molecule has 0 saturated heterocycles. The second kappa shape index (κ2) is 6.41. The van der Waals surface area contributed by atoms with Crippen molar-refractivity contribution in [3.63, 3.8) is 0 Å². The first-order valence-corrected chi connectivity index (χ1v) is 11.4. The molecule has 1 aromatic heterocycles. The molecule has 5 aromatic carbocycles. The molecule has 0 bridgehead atoms. The molecule has 0 atom stereocenters. The van der Waals surface area contributed by atoms with Crippen molar-refractivity contribution in [2.45, 2.75) is 0 Å². The van der Waals surface area contributed by atoms with Gasteiger partial charge in [-0.2, -0.15) is 0 Å². The zero-order valence-corrected chi connectivity index (χ0v) is 17.6. The lowest BCUT2D eigenvalue weighted by Crippen LogP contribution is -1.85. The van der Waals surface area contributed by atoms with Gasteiger partial charge in [-0.1, -0.05) is 103 Å². The SMILES string of the molecule is c1ccc(-c2sc3c4c(cc5ccccc53)-c3ccccc3-c3ccccc3-c24)cc1. The molecule has 1 aliphatic rings. The lowest BCUT2D eigenvalue weighted by molar-refractivity contribution is 1.62. The number of benzene rings is 5. The molecular formula is C30H18S. The first-order valence-electron chi connectivity index (χ1n) is 10.6. The summed E-state index contributed by atoms with van der Waals surface area (Å²) in [5.41, 5.74) is 9.28. The van der Waals surface area contributed by atoms with Crippen LogP contribution in [0, 0.1) is 0 Å². The summed E-state index contributed by atoms with van der Waals surface area (Å²) in [5, 5.41) is 4.03. The Morgan fingerprint density at radius 2 is 1.06 bits per heavy atom. The topological polar surface area (TPSA) is 0 Å². The van der Waals surface area contributed by atoms with Gasteiger partial charge in [0.15, 0.2) is 0 Å². The zero-order valence-electron chi connectivity index (χ0n) is 16.8. The second-order valence-electron chi connectivity index (χ2n) is 8.11. The molecule has 1 heteroatoms. The lowest BCUT2D eigenvalue weighted by Gasteiger charge is -2.12. The molecule has 0 unspecified atom stereocenters. The van der Waals surface area contributed by atoms with E-state index in [1.807, 2.05) is 11.3 Å². The van der Waals surface area contributed by atoms with Gasteiger partial charge in [0.1, 0.15) is 0 Å². The Morgan fingerprint density at radius 3 is 1.84 bits per heavy atom. The molecular weight excluding hydrogens is 392 g/mol. The summed E-state index contributed by atoms with van der Waals surface area (Å²) in [6.07, 6.45) is 0. The third-order valence-corrected chi connectivity index (χ3v) is 7.69. The number of hydrogen-bond acceptors (Lipinski definition) is 1. The highest BCUT2D eigenvalue weighted by atomic mass is 32.1. The van der Waals surface area contributed by atoms with E-state index in [1.54, 1.807) is 0 Å². The number of fused-ring (bicyclic) bond motifs is 7. The van der Waals surface area contributed by atoms with E-state index in [-0.39, 0.29) is 0 Å². The van der Waals surface area contributed by atoms with E-state index in [0.717, 1.165) is 0 Å². The summed E-state index contributed by atoms with van der Waals surface area (Å²) in [6.45, 7) is 0. The Bertz CT molecular complexity index is 1620. The third-order valence-electron chi connectivity index (χ3n) is 6.42. The van der Waals surface area contributed by atoms with E-state index in [4.69, 9.17) is 0 Å². The van der Waals surface area contributed by atoms with Crippen LogP contribution < -0.4 is 0 Å². The molecule has 31 heavy (non-hydrogen) atoms. The van der Waals surface area contributed by atoms with E-state index < -0.39 is 0 Å². The van der Waals surface area contributed by atoms with Crippen LogP contribution in [0.4, 0.5) is 0 Å². The van der Waals surface area contributed by atoms with Gasteiger partial charge in [-0.3, -0.25) is 0 Å². The van der Waals surface area contributed by atoms with Gasteiger partial charge in [0.2, 0.25) is 0 Å². The van der Waals surface area contributed by atoms with Crippen LogP contribution in [-0.2, 0) is 0 Å². The normalized spacial score (nSPS) is 11.9. The van der Waals surface area contributed by atoms with Crippen LogP contribution in [0.2, 0.25) is 0 Å². The average Bonchev–Trinajstić information content (AvgIpc) is 3.20. The summed E-state index contributed by atoms with van der Waals surface area (Å²) in [5.74, 6) is 0. The monoisotopic (exact) mass is 410 g/mol. The number of hydrogen-bond donors (Lipinski definition) is 0. The van der Waals surface area contributed by atoms with Gasteiger partial charge in [0.05, 0.1) is 0 Å². The Labute approximate surface area is 185 Å². The fraction of sp³-hybridized carbons (Fsp3) is 0. The molecule has 144 valence electrons. The van der Waals surface area contributed by atoms with Crippen molar-refractivity contribution in [3.05, 3.63) is 109 Å². The summed E-state index contributed by atoms with van der Waals surface area (Å²) in [7, 11) is 0. The average molecular weight is 411 g/mol. The molecule has 0 fully saturated rings. The molecule has 6 aromatic rings. The summed E-state index contributed by atoms with van der Waals surface area (Å²) in [6, 6.07) is 39.8. The standard InChI is InChI=1S/C30H18S/c1-2-10-19(11-3-1)29-27-25-17-9-8-15-23(25)22-14-6-7-16-24(22)26-18-20-12-4-5-13-21(20)30(31-29)28(26)27/h1-18H. The predicted octanol–water partition coefficient (Wildman–Crippen LogP) is 9.04. The van der Waals surface area contributed by atoms with Crippen LogP contribution in [0.1, 0.15) is 0 Å². The Balaban J connectivity index is 1.78. The zero-order chi connectivity index (χ0) is 20.4. The second-order valence-corrected chi connectivity index (χ2v) is 9.13. The van der Waals surface area contributed by atoms with Crippen molar-refractivity contribution in [2.24, 2.45) is 0 Å². The van der Waals surface area contributed by atoms with Gasteiger partial charge in [-0.15, -0.1) is 11.3 Å². The van der Waals surface area contributed by atoms with Crippen LogP contribution in [0.3, 0.4) is 0 Å². The number of rotatable bonds is 1. The highest BCUT2D eigenvalue weighted by molar-refractivity contribution is 7.24. The highest BCUT2D eigenvalue weighted by Gasteiger charge is 2.26. The quantitative estimate of drug-likeness (QED) is 0.253. The minimum Gasteiger partial charge on any atom is -0.134 e. The van der Waals surface area contributed by atoms with Crippen molar-refractivity contribution >= 4 is 32.2 Å².